The first kappa shape index (κ1) is 19.4. The van der Waals surface area contributed by atoms with Crippen LogP contribution in [0, 0.1) is 0 Å². The lowest BCUT2D eigenvalue weighted by Gasteiger charge is -2.13. The predicted molar refractivity (Wildman–Crippen MR) is 102 cm³/mol. The van der Waals surface area contributed by atoms with Crippen molar-refractivity contribution in [1.29, 1.82) is 0 Å². The third-order valence-electron chi connectivity index (χ3n) is 3.22. The summed E-state index contributed by atoms with van der Waals surface area (Å²) in [7, 11) is 0. The second-order valence-electron chi connectivity index (χ2n) is 5.07. The number of hydrogen-bond acceptors (Lipinski definition) is 4. The van der Waals surface area contributed by atoms with Gasteiger partial charge >= 0.3 is 0 Å². The van der Waals surface area contributed by atoms with Crippen molar-refractivity contribution in [3.05, 3.63) is 52.5 Å². The van der Waals surface area contributed by atoms with Gasteiger partial charge in [-0.1, -0.05) is 35.3 Å². The smallest absolute Gasteiger partial charge is 0.243 e. The molecule has 5 nitrogen and oxygen atoms in total. The first-order valence-corrected chi connectivity index (χ1v) is 8.64. The molecule has 2 aromatic carbocycles. The fraction of sp³-hybridized carbons (Fsp3) is 0.278. The average molecular weight is 383 g/mol. The standard InChI is InChI=1S/C18H20Cl2N2O3/c1-2-24-9-10-25-17-6-4-3-5-16(17)22-18(23)12-21-15-8-7-13(19)11-14(15)20/h3-8,11,21H,2,9-10,12H2,1H3,(H,22,23). The van der Waals surface area contributed by atoms with Gasteiger partial charge in [0.1, 0.15) is 12.4 Å². The summed E-state index contributed by atoms with van der Waals surface area (Å²) in [6.07, 6.45) is 0. The van der Waals surface area contributed by atoms with Crippen molar-refractivity contribution >= 4 is 40.5 Å². The van der Waals surface area contributed by atoms with Crippen molar-refractivity contribution in [3.8, 4) is 5.75 Å². The Kier molecular flexibility index (Phi) is 7.85. The topological polar surface area (TPSA) is 59.6 Å². The number of ether oxygens (including phenoxy) is 2. The van der Waals surface area contributed by atoms with E-state index in [9.17, 15) is 4.79 Å². The molecule has 134 valence electrons. The van der Waals surface area contributed by atoms with Crippen LogP contribution in [-0.2, 0) is 9.53 Å². The van der Waals surface area contributed by atoms with Gasteiger partial charge in [-0.15, -0.1) is 0 Å². The minimum atomic E-state index is -0.216. The van der Waals surface area contributed by atoms with Gasteiger partial charge in [0.2, 0.25) is 5.91 Å². The summed E-state index contributed by atoms with van der Waals surface area (Å²) in [5, 5.41) is 6.79. The van der Waals surface area contributed by atoms with Gasteiger partial charge in [-0.25, -0.2) is 0 Å². The highest BCUT2D eigenvalue weighted by molar-refractivity contribution is 6.36. The molecule has 0 radical (unpaired) electrons. The van der Waals surface area contributed by atoms with Crippen LogP contribution in [0.15, 0.2) is 42.5 Å². The van der Waals surface area contributed by atoms with Crippen molar-refractivity contribution in [2.75, 3.05) is 37.0 Å². The van der Waals surface area contributed by atoms with Crippen LogP contribution in [0.2, 0.25) is 10.0 Å². The molecule has 0 spiro atoms. The fourth-order valence-electron chi connectivity index (χ4n) is 2.05. The molecule has 0 aliphatic rings. The number of rotatable bonds is 9. The summed E-state index contributed by atoms with van der Waals surface area (Å²) in [6.45, 7) is 3.54. The zero-order valence-electron chi connectivity index (χ0n) is 13.9. The van der Waals surface area contributed by atoms with E-state index in [1.165, 1.54) is 0 Å². The summed E-state index contributed by atoms with van der Waals surface area (Å²) < 4.78 is 10.9. The summed E-state index contributed by atoms with van der Waals surface area (Å²) in [5.74, 6) is 0.381. The first-order chi connectivity index (χ1) is 12.1. The minimum absolute atomic E-state index is 0.0641. The fourth-order valence-corrected chi connectivity index (χ4v) is 2.53. The van der Waals surface area contributed by atoms with Crippen LogP contribution < -0.4 is 15.4 Å². The highest BCUT2D eigenvalue weighted by Gasteiger charge is 2.09. The van der Waals surface area contributed by atoms with Gasteiger partial charge in [0.25, 0.3) is 0 Å². The van der Waals surface area contributed by atoms with E-state index in [-0.39, 0.29) is 12.5 Å². The Morgan fingerprint density at radius 1 is 1.08 bits per heavy atom. The van der Waals surface area contributed by atoms with Crippen LogP contribution in [0.1, 0.15) is 6.92 Å². The molecule has 2 N–H and O–H groups in total. The monoisotopic (exact) mass is 382 g/mol. The Balaban J connectivity index is 1.89. The molecule has 25 heavy (non-hydrogen) atoms. The molecule has 0 aliphatic carbocycles. The number of amides is 1. The number of carbonyl (C=O) groups excluding carboxylic acids is 1. The molecule has 0 unspecified atom stereocenters. The molecule has 0 aromatic heterocycles. The van der Waals surface area contributed by atoms with Gasteiger partial charge in [0.15, 0.2) is 0 Å². The zero-order chi connectivity index (χ0) is 18.1. The van der Waals surface area contributed by atoms with Gasteiger partial charge in [-0.2, -0.15) is 0 Å². The maximum Gasteiger partial charge on any atom is 0.243 e. The molecule has 0 bridgehead atoms. The molecule has 0 heterocycles. The lowest BCUT2D eigenvalue weighted by molar-refractivity contribution is -0.114. The summed E-state index contributed by atoms with van der Waals surface area (Å²) in [6, 6.07) is 12.3. The van der Waals surface area contributed by atoms with E-state index in [2.05, 4.69) is 10.6 Å². The Morgan fingerprint density at radius 3 is 2.64 bits per heavy atom. The van der Waals surface area contributed by atoms with Crippen molar-refractivity contribution in [3.63, 3.8) is 0 Å². The van der Waals surface area contributed by atoms with Crippen molar-refractivity contribution < 1.29 is 14.3 Å². The van der Waals surface area contributed by atoms with Gasteiger partial charge in [-0.3, -0.25) is 4.79 Å². The Morgan fingerprint density at radius 2 is 1.88 bits per heavy atom. The zero-order valence-corrected chi connectivity index (χ0v) is 15.4. The number of carbonyl (C=O) groups is 1. The first-order valence-electron chi connectivity index (χ1n) is 7.88. The molecule has 0 atom stereocenters. The van der Waals surface area contributed by atoms with Crippen LogP contribution in [0.25, 0.3) is 0 Å². The summed E-state index contributed by atoms with van der Waals surface area (Å²) in [4.78, 5) is 12.2. The predicted octanol–water partition coefficient (Wildman–Crippen LogP) is 4.46. The van der Waals surface area contributed by atoms with Crippen LogP contribution in [0.4, 0.5) is 11.4 Å². The van der Waals surface area contributed by atoms with E-state index in [0.717, 1.165) is 0 Å². The van der Waals surface area contributed by atoms with Crippen molar-refractivity contribution in [2.24, 2.45) is 0 Å². The number of halogens is 2. The molecular weight excluding hydrogens is 363 g/mol. The van der Waals surface area contributed by atoms with E-state index < -0.39 is 0 Å². The third kappa shape index (κ3) is 6.46. The summed E-state index contributed by atoms with van der Waals surface area (Å²) >= 11 is 11.9. The largest absolute Gasteiger partial charge is 0.489 e. The van der Waals surface area contributed by atoms with Crippen LogP contribution >= 0.6 is 23.2 Å². The van der Waals surface area contributed by atoms with E-state index in [1.54, 1.807) is 30.3 Å². The molecule has 0 saturated carbocycles. The maximum atomic E-state index is 12.2. The van der Waals surface area contributed by atoms with Crippen LogP contribution in [0.5, 0.6) is 5.75 Å². The highest BCUT2D eigenvalue weighted by atomic mass is 35.5. The Labute approximate surface area is 157 Å². The lowest BCUT2D eigenvalue weighted by atomic mass is 10.3. The number of para-hydroxylation sites is 2. The van der Waals surface area contributed by atoms with Gasteiger partial charge in [0.05, 0.1) is 29.5 Å². The van der Waals surface area contributed by atoms with E-state index >= 15 is 0 Å². The molecule has 2 rings (SSSR count). The summed E-state index contributed by atoms with van der Waals surface area (Å²) in [5.41, 5.74) is 1.25. The van der Waals surface area contributed by atoms with Gasteiger partial charge in [-0.05, 0) is 37.3 Å². The van der Waals surface area contributed by atoms with E-state index in [4.69, 9.17) is 32.7 Å². The molecule has 7 heteroatoms. The lowest BCUT2D eigenvalue weighted by Crippen LogP contribution is -2.22. The maximum absolute atomic E-state index is 12.2. The number of anilines is 2. The molecular formula is C18H20Cl2N2O3. The highest BCUT2D eigenvalue weighted by Crippen LogP contribution is 2.26. The van der Waals surface area contributed by atoms with E-state index in [0.29, 0.717) is 47.0 Å². The van der Waals surface area contributed by atoms with Crippen LogP contribution in [0.3, 0.4) is 0 Å². The second kappa shape index (κ2) is 10.1. The van der Waals surface area contributed by atoms with Crippen LogP contribution in [-0.4, -0.2) is 32.3 Å². The molecule has 2 aromatic rings. The Hall–Kier alpha value is -1.95. The molecule has 1 amide bonds. The molecule has 0 saturated heterocycles. The average Bonchev–Trinajstić information content (AvgIpc) is 2.59. The minimum Gasteiger partial charge on any atom is -0.489 e. The van der Waals surface area contributed by atoms with Gasteiger partial charge < -0.3 is 20.1 Å². The number of hydrogen-bond donors (Lipinski definition) is 2. The van der Waals surface area contributed by atoms with Crippen molar-refractivity contribution in [2.45, 2.75) is 6.92 Å². The normalized spacial score (nSPS) is 10.4. The number of nitrogens with one attached hydrogen (secondary N) is 2. The SMILES string of the molecule is CCOCCOc1ccccc1NC(=O)CNc1ccc(Cl)cc1Cl. The van der Waals surface area contributed by atoms with E-state index in [1.807, 2.05) is 19.1 Å². The Bertz CT molecular complexity index is 710. The molecule has 0 fully saturated rings. The number of benzene rings is 2. The molecule has 0 aliphatic heterocycles. The quantitative estimate of drug-likeness (QED) is 0.628. The third-order valence-corrected chi connectivity index (χ3v) is 3.77. The van der Waals surface area contributed by atoms with Crippen molar-refractivity contribution in [1.82, 2.24) is 0 Å². The second-order valence-corrected chi connectivity index (χ2v) is 5.91. The van der Waals surface area contributed by atoms with Gasteiger partial charge in [0, 0.05) is 11.6 Å².